The van der Waals surface area contributed by atoms with E-state index < -0.39 is 43.0 Å². The van der Waals surface area contributed by atoms with Gasteiger partial charge in [-0.1, -0.05) is 6.92 Å². The maximum atomic E-state index is 14.2. The van der Waals surface area contributed by atoms with Crippen molar-refractivity contribution in [3.63, 3.8) is 0 Å². The second-order valence-electron chi connectivity index (χ2n) is 12.4. The molecule has 0 bridgehead atoms. The smallest absolute Gasteiger partial charge is 0.389 e. The van der Waals surface area contributed by atoms with E-state index >= 15 is 0 Å². The summed E-state index contributed by atoms with van der Waals surface area (Å²) in [6.07, 6.45) is -3.97. The number of halogens is 3. The van der Waals surface area contributed by atoms with Crippen molar-refractivity contribution < 1.29 is 42.1 Å². The number of hydrogen-bond donors (Lipinski definition) is 2. The van der Waals surface area contributed by atoms with Crippen LogP contribution in [0.1, 0.15) is 76.1 Å². The van der Waals surface area contributed by atoms with Crippen molar-refractivity contribution in [2.24, 2.45) is 5.92 Å². The minimum absolute atomic E-state index is 0.0491. The van der Waals surface area contributed by atoms with Crippen molar-refractivity contribution in [1.29, 1.82) is 0 Å². The number of nitrogens with zero attached hydrogens (tertiary/aromatic N) is 3. The molecule has 2 rings (SSSR count). The van der Waals surface area contributed by atoms with Crippen LogP contribution >= 0.6 is 0 Å². The average molecular weight is 645 g/mol. The van der Waals surface area contributed by atoms with Gasteiger partial charge in [0.05, 0.1) is 36.8 Å². The van der Waals surface area contributed by atoms with Gasteiger partial charge in [0, 0.05) is 51.2 Å². The molecular weight excluding hydrogens is 593 g/mol. The first-order valence-corrected chi connectivity index (χ1v) is 15.7. The highest BCUT2D eigenvalue weighted by atomic mass is 19.4. The molecule has 4 atom stereocenters. The van der Waals surface area contributed by atoms with Crippen molar-refractivity contribution in [1.82, 2.24) is 14.7 Å². The van der Waals surface area contributed by atoms with E-state index in [1.54, 1.807) is 25.1 Å². The third-order valence-electron chi connectivity index (χ3n) is 7.85. The quantitative estimate of drug-likeness (QED) is 0.363. The summed E-state index contributed by atoms with van der Waals surface area (Å²) < 4.78 is 50.5. The van der Waals surface area contributed by atoms with Gasteiger partial charge in [-0.2, -0.15) is 13.2 Å². The molecule has 0 aromatic heterocycles. The third-order valence-corrected chi connectivity index (χ3v) is 7.85. The summed E-state index contributed by atoms with van der Waals surface area (Å²) in [4.78, 5) is 44.0. The number of carbonyl (C=O) groups excluding carboxylic acids is 3. The summed E-state index contributed by atoms with van der Waals surface area (Å²) in [6, 6.07) is 4.35. The van der Waals surface area contributed by atoms with Gasteiger partial charge in [0.2, 0.25) is 11.8 Å². The standard InChI is InChI=1S/C32H51F3N4O6/c1-22-19-39(23(2)21-40)31(43)26-18-25(36-29(41)11-9-16-37(4)5)12-13-27(26)45-24(3)10-7-8-17-44-28(22)20-38(6)30(42)14-15-32(33,34)35/h12-13,18,22-24,28,40H,7-11,14-17,19-21H2,1-6H3,(H,36,41)/t22-,23+,24+,28+/m1/s1. The summed E-state index contributed by atoms with van der Waals surface area (Å²) in [5.41, 5.74) is 0.675. The number of benzene rings is 1. The molecule has 45 heavy (non-hydrogen) atoms. The van der Waals surface area contributed by atoms with Crippen molar-refractivity contribution >= 4 is 23.4 Å². The van der Waals surface area contributed by atoms with Crippen LogP contribution in [0.2, 0.25) is 0 Å². The van der Waals surface area contributed by atoms with Gasteiger partial charge in [0.1, 0.15) is 5.75 Å². The molecule has 256 valence electrons. The number of amides is 3. The molecular formula is C32H51F3N4O6. The molecule has 2 N–H and O–H groups in total. The molecule has 0 radical (unpaired) electrons. The monoisotopic (exact) mass is 644 g/mol. The van der Waals surface area contributed by atoms with Crippen LogP contribution in [0, 0.1) is 5.92 Å². The molecule has 13 heteroatoms. The summed E-state index contributed by atoms with van der Waals surface area (Å²) in [5.74, 6) is -1.23. The van der Waals surface area contributed by atoms with Gasteiger partial charge in [-0.3, -0.25) is 14.4 Å². The number of fused-ring (bicyclic) bond motifs is 1. The number of nitrogens with one attached hydrogen (secondary N) is 1. The predicted molar refractivity (Wildman–Crippen MR) is 166 cm³/mol. The van der Waals surface area contributed by atoms with Gasteiger partial charge in [-0.25, -0.2) is 0 Å². The normalized spacial score (nSPS) is 21.0. The van der Waals surface area contributed by atoms with Crippen LogP contribution in [-0.2, 0) is 14.3 Å². The number of likely N-dealkylation sites (N-methyl/N-ethyl adjacent to an activating group) is 1. The van der Waals surface area contributed by atoms with Gasteiger partial charge >= 0.3 is 6.18 Å². The van der Waals surface area contributed by atoms with Gasteiger partial charge < -0.3 is 34.6 Å². The van der Waals surface area contributed by atoms with E-state index in [9.17, 15) is 32.7 Å². The number of carbonyl (C=O) groups is 3. The molecule has 1 aliphatic heterocycles. The zero-order valence-electron chi connectivity index (χ0n) is 27.5. The molecule has 1 heterocycles. The number of alkyl halides is 3. The minimum atomic E-state index is -4.43. The van der Waals surface area contributed by atoms with Crippen molar-refractivity contribution in [2.45, 2.75) is 90.1 Å². The van der Waals surface area contributed by atoms with Crippen molar-refractivity contribution in [3.05, 3.63) is 23.8 Å². The highest BCUT2D eigenvalue weighted by Gasteiger charge is 2.32. The largest absolute Gasteiger partial charge is 0.490 e. The minimum Gasteiger partial charge on any atom is -0.490 e. The molecule has 1 aromatic rings. The Morgan fingerprint density at radius 2 is 1.87 bits per heavy atom. The number of aliphatic hydroxyl groups excluding tert-OH is 1. The van der Waals surface area contributed by atoms with E-state index in [-0.39, 0.29) is 43.2 Å². The summed E-state index contributed by atoms with van der Waals surface area (Å²) >= 11 is 0. The Hall–Kier alpha value is -2.90. The highest BCUT2D eigenvalue weighted by Crippen LogP contribution is 2.29. The lowest BCUT2D eigenvalue weighted by molar-refractivity contribution is -0.149. The molecule has 0 aliphatic carbocycles. The molecule has 0 fully saturated rings. The van der Waals surface area contributed by atoms with E-state index in [0.717, 1.165) is 13.0 Å². The topological polar surface area (TPSA) is 112 Å². The highest BCUT2D eigenvalue weighted by molar-refractivity contribution is 5.99. The number of rotatable bonds is 11. The Morgan fingerprint density at radius 1 is 1.16 bits per heavy atom. The molecule has 10 nitrogen and oxygen atoms in total. The van der Waals surface area contributed by atoms with Crippen LogP contribution < -0.4 is 10.1 Å². The third kappa shape index (κ3) is 13.5. The maximum Gasteiger partial charge on any atom is 0.389 e. The predicted octanol–water partition coefficient (Wildman–Crippen LogP) is 4.56. The molecule has 1 aromatic carbocycles. The summed E-state index contributed by atoms with van der Waals surface area (Å²) in [6.45, 7) is 6.44. The molecule has 0 saturated carbocycles. The van der Waals surface area contributed by atoms with E-state index in [4.69, 9.17) is 9.47 Å². The number of hydrogen-bond acceptors (Lipinski definition) is 7. The number of anilines is 1. The van der Waals surface area contributed by atoms with E-state index in [1.807, 2.05) is 32.8 Å². The molecule has 0 spiro atoms. The average Bonchev–Trinajstić information content (AvgIpc) is 2.96. The number of ether oxygens (including phenoxy) is 2. The number of aliphatic hydroxyl groups is 1. The lowest BCUT2D eigenvalue weighted by atomic mass is 10.0. The first-order chi connectivity index (χ1) is 21.1. The molecule has 0 unspecified atom stereocenters. The van der Waals surface area contributed by atoms with Crippen molar-refractivity contribution in [2.75, 3.05) is 59.3 Å². The second kappa shape index (κ2) is 18.3. The van der Waals surface area contributed by atoms with Crippen molar-refractivity contribution in [3.8, 4) is 5.75 Å². The van der Waals surface area contributed by atoms with Crippen LogP contribution in [0.15, 0.2) is 18.2 Å². The Bertz CT molecular complexity index is 1100. The Balaban J connectivity index is 2.37. The fourth-order valence-corrected chi connectivity index (χ4v) is 5.05. The Kier molecular flexibility index (Phi) is 15.6. The van der Waals surface area contributed by atoms with Gasteiger partial charge in [-0.05, 0) is 78.4 Å². The fraction of sp³-hybridized carbons (Fsp3) is 0.719. The van der Waals surface area contributed by atoms with E-state index in [0.29, 0.717) is 43.7 Å². The zero-order valence-corrected chi connectivity index (χ0v) is 27.5. The molecule has 1 aliphatic rings. The van der Waals surface area contributed by atoms with Crippen LogP contribution in [0.25, 0.3) is 0 Å². The van der Waals surface area contributed by atoms with Gasteiger partial charge in [0.15, 0.2) is 0 Å². The van der Waals surface area contributed by atoms with Gasteiger partial charge in [0.25, 0.3) is 5.91 Å². The zero-order chi connectivity index (χ0) is 33.7. The fourth-order valence-electron chi connectivity index (χ4n) is 5.05. The van der Waals surface area contributed by atoms with E-state index in [2.05, 4.69) is 5.32 Å². The molecule has 0 saturated heterocycles. The van der Waals surface area contributed by atoms with Crippen LogP contribution in [0.5, 0.6) is 5.75 Å². The Labute approximate surface area is 265 Å². The maximum absolute atomic E-state index is 14.2. The lowest BCUT2D eigenvalue weighted by Crippen LogP contribution is -2.48. The molecule has 3 amide bonds. The van der Waals surface area contributed by atoms with E-state index in [1.165, 1.54) is 16.8 Å². The first-order valence-electron chi connectivity index (χ1n) is 15.7. The summed E-state index contributed by atoms with van der Waals surface area (Å²) in [5, 5.41) is 13.0. The van der Waals surface area contributed by atoms with Gasteiger partial charge in [-0.15, -0.1) is 0 Å². The van der Waals surface area contributed by atoms with Crippen LogP contribution in [0.3, 0.4) is 0 Å². The first kappa shape index (κ1) is 38.3. The van der Waals surface area contributed by atoms with Crippen LogP contribution in [0.4, 0.5) is 18.9 Å². The lowest BCUT2D eigenvalue weighted by Gasteiger charge is -2.36. The SMILES string of the molecule is C[C@@H]1CN([C@@H](C)CO)C(=O)c2cc(NC(=O)CCCN(C)C)ccc2O[C@@H](C)CCCCO[C@H]1CN(C)C(=O)CCC(F)(F)F. The second-order valence-corrected chi connectivity index (χ2v) is 12.4. The van der Waals surface area contributed by atoms with Crippen LogP contribution in [-0.4, -0.2) is 116 Å². The Morgan fingerprint density at radius 3 is 2.51 bits per heavy atom. The summed E-state index contributed by atoms with van der Waals surface area (Å²) in [7, 11) is 5.32.